The molecular weight excluding hydrogens is 298 g/mol. The third kappa shape index (κ3) is 3.05. The summed E-state index contributed by atoms with van der Waals surface area (Å²) < 4.78 is 22.9. The minimum atomic E-state index is -3.17. The van der Waals surface area contributed by atoms with Crippen LogP contribution in [0.1, 0.15) is 44.2 Å². The number of hydrogen-bond acceptors (Lipinski definition) is 3. The summed E-state index contributed by atoms with van der Waals surface area (Å²) in [5.41, 5.74) is 0.934. The maximum atomic E-state index is 12.4. The first kappa shape index (κ1) is 15.5. The Hall–Kier alpha value is -1.36. The quantitative estimate of drug-likeness (QED) is 0.927. The van der Waals surface area contributed by atoms with Crippen molar-refractivity contribution in [2.24, 2.45) is 17.8 Å². The van der Waals surface area contributed by atoms with Crippen LogP contribution in [-0.4, -0.2) is 20.6 Å². The lowest BCUT2D eigenvalue weighted by molar-refractivity contribution is -0.127. The average Bonchev–Trinajstić information content (AvgIpc) is 3.09. The Balaban J connectivity index is 1.64. The van der Waals surface area contributed by atoms with Gasteiger partial charge in [-0.3, -0.25) is 4.79 Å². The Bertz CT molecular complexity index is 666. The van der Waals surface area contributed by atoms with Gasteiger partial charge in [-0.15, -0.1) is 0 Å². The Morgan fingerprint density at radius 2 is 1.86 bits per heavy atom. The van der Waals surface area contributed by atoms with Gasteiger partial charge in [0.15, 0.2) is 9.84 Å². The van der Waals surface area contributed by atoms with Gasteiger partial charge >= 0.3 is 0 Å². The van der Waals surface area contributed by atoms with Gasteiger partial charge in [0.2, 0.25) is 5.91 Å². The third-order valence-corrected chi connectivity index (χ3v) is 6.37. The molecule has 0 unspecified atom stereocenters. The molecule has 1 aromatic rings. The van der Waals surface area contributed by atoms with E-state index in [0.29, 0.717) is 10.8 Å². The maximum Gasteiger partial charge on any atom is 0.223 e. The smallest absolute Gasteiger partial charge is 0.223 e. The highest BCUT2D eigenvalue weighted by Crippen LogP contribution is 2.48. The monoisotopic (exact) mass is 321 g/mol. The molecular formula is C17H23NO3S. The van der Waals surface area contributed by atoms with Crippen LogP contribution in [0.3, 0.4) is 0 Å². The summed E-state index contributed by atoms with van der Waals surface area (Å²) >= 11 is 0. The molecule has 1 aromatic carbocycles. The second-order valence-corrected chi connectivity index (χ2v) is 8.87. The van der Waals surface area contributed by atoms with Crippen molar-refractivity contribution >= 4 is 15.7 Å². The average molecular weight is 321 g/mol. The van der Waals surface area contributed by atoms with E-state index in [1.54, 1.807) is 24.3 Å². The van der Waals surface area contributed by atoms with E-state index in [2.05, 4.69) is 5.32 Å². The van der Waals surface area contributed by atoms with Crippen LogP contribution in [0.5, 0.6) is 0 Å². The molecule has 0 radical (unpaired) electrons. The molecule has 2 saturated carbocycles. The van der Waals surface area contributed by atoms with E-state index in [1.807, 2.05) is 6.92 Å². The van der Waals surface area contributed by atoms with E-state index in [-0.39, 0.29) is 17.9 Å². The van der Waals surface area contributed by atoms with Crippen LogP contribution in [-0.2, 0) is 14.6 Å². The molecule has 4 nitrogen and oxygen atoms in total. The van der Waals surface area contributed by atoms with Crippen molar-refractivity contribution in [1.82, 2.24) is 5.32 Å². The number of rotatable bonds is 4. The number of amides is 1. The summed E-state index contributed by atoms with van der Waals surface area (Å²) in [5, 5.41) is 3.09. The number of carbonyl (C=O) groups is 1. The molecule has 4 atom stereocenters. The molecule has 2 bridgehead atoms. The van der Waals surface area contributed by atoms with Crippen molar-refractivity contribution in [3.8, 4) is 0 Å². The Morgan fingerprint density at radius 3 is 2.36 bits per heavy atom. The zero-order chi connectivity index (χ0) is 15.9. The molecule has 2 aliphatic carbocycles. The number of fused-ring (bicyclic) bond motifs is 2. The van der Waals surface area contributed by atoms with E-state index in [1.165, 1.54) is 25.5 Å². The summed E-state index contributed by atoms with van der Waals surface area (Å²) in [6, 6.07) is 6.67. The highest BCUT2D eigenvalue weighted by atomic mass is 32.2. The molecule has 2 aliphatic rings. The fourth-order valence-electron chi connectivity index (χ4n) is 3.97. The van der Waals surface area contributed by atoms with Gasteiger partial charge in [0.1, 0.15) is 0 Å². The van der Waals surface area contributed by atoms with Crippen LogP contribution in [0.25, 0.3) is 0 Å². The topological polar surface area (TPSA) is 63.2 Å². The zero-order valence-corrected chi connectivity index (χ0v) is 13.9. The normalized spacial score (nSPS) is 28.5. The number of carbonyl (C=O) groups excluding carboxylic acids is 1. The molecule has 0 heterocycles. The highest BCUT2D eigenvalue weighted by molar-refractivity contribution is 7.90. The summed E-state index contributed by atoms with van der Waals surface area (Å²) in [6.45, 7) is 1.94. The van der Waals surface area contributed by atoms with E-state index >= 15 is 0 Å². The molecule has 0 spiro atoms. The Kier molecular flexibility index (Phi) is 4.02. The van der Waals surface area contributed by atoms with Crippen LogP contribution in [0.2, 0.25) is 0 Å². The van der Waals surface area contributed by atoms with Crippen molar-refractivity contribution in [2.75, 3.05) is 6.26 Å². The second kappa shape index (κ2) is 5.69. The summed E-state index contributed by atoms with van der Waals surface area (Å²) in [7, 11) is -3.17. The summed E-state index contributed by atoms with van der Waals surface area (Å²) in [4.78, 5) is 12.7. The molecule has 0 aromatic heterocycles. The van der Waals surface area contributed by atoms with Gasteiger partial charge in [0, 0.05) is 12.2 Å². The van der Waals surface area contributed by atoms with Gasteiger partial charge < -0.3 is 5.32 Å². The molecule has 5 heteroatoms. The first-order chi connectivity index (χ1) is 10.3. The third-order valence-electron chi connectivity index (χ3n) is 5.24. The van der Waals surface area contributed by atoms with E-state index < -0.39 is 9.84 Å². The first-order valence-electron chi connectivity index (χ1n) is 7.95. The molecule has 22 heavy (non-hydrogen) atoms. The van der Waals surface area contributed by atoms with E-state index in [9.17, 15) is 13.2 Å². The van der Waals surface area contributed by atoms with Crippen LogP contribution >= 0.6 is 0 Å². The lowest BCUT2D eigenvalue weighted by Crippen LogP contribution is -2.35. The molecule has 120 valence electrons. The molecule has 2 fully saturated rings. The van der Waals surface area contributed by atoms with Gasteiger partial charge in [0.25, 0.3) is 0 Å². The number of hydrogen-bond donors (Lipinski definition) is 1. The van der Waals surface area contributed by atoms with Crippen molar-refractivity contribution in [3.05, 3.63) is 29.8 Å². The lowest BCUT2D eigenvalue weighted by atomic mass is 9.88. The van der Waals surface area contributed by atoms with Gasteiger partial charge in [-0.1, -0.05) is 18.6 Å². The molecule has 1 amide bonds. The second-order valence-electron chi connectivity index (χ2n) is 6.85. The maximum absolute atomic E-state index is 12.4. The van der Waals surface area contributed by atoms with E-state index in [4.69, 9.17) is 0 Å². The molecule has 1 N–H and O–H groups in total. The molecule has 0 aliphatic heterocycles. The standard InChI is InChI=1S/C17H23NO3S/c1-11(13-5-7-15(8-6-13)22(2,20)21)18-17(19)16-10-12-3-4-14(16)9-12/h5-8,11-12,14,16H,3-4,9-10H2,1-2H3,(H,18,19)/t11-,12-,14-,16+/m0/s1. The van der Waals surface area contributed by atoms with Gasteiger partial charge in [-0.25, -0.2) is 8.42 Å². The Morgan fingerprint density at radius 1 is 1.18 bits per heavy atom. The fourth-order valence-corrected chi connectivity index (χ4v) is 4.60. The SMILES string of the molecule is C[C@H](NC(=O)[C@@H]1C[C@H]2CC[C@H]1C2)c1ccc(S(C)(=O)=O)cc1. The summed E-state index contributed by atoms with van der Waals surface area (Å²) in [5.74, 6) is 1.67. The zero-order valence-electron chi connectivity index (χ0n) is 13.1. The highest BCUT2D eigenvalue weighted by Gasteiger charge is 2.43. The minimum Gasteiger partial charge on any atom is -0.349 e. The number of nitrogens with one attached hydrogen (secondary N) is 1. The van der Waals surface area contributed by atoms with Crippen LogP contribution in [0.4, 0.5) is 0 Å². The molecule has 3 rings (SSSR count). The predicted molar refractivity (Wildman–Crippen MR) is 85.0 cm³/mol. The minimum absolute atomic E-state index is 0.0970. The van der Waals surface area contributed by atoms with E-state index in [0.717, 1.165) is 17.9 Å². The van der Waals surface area contributed by atoms with Gasteiger partial charge in [-0.2, -0.15) is 0 Å². The van der Waals surface area contributed by atoms with Crippen molar-refractivity contribution in [3.63, 3.8) is 0 Å². The van der Waals surface area contributed by atoms with Gasteiger partial charge in [0.05, 0.1) is 10.9 Å². The predicted octanol–water partition coefficient (Wildman–Crippen LogP) is 2.70. The molecule has 0 saturated heterocycles. The lowest BCUT2D eigenvalue weighted by Gasteiger charge is -2.23. The van der Waals surface area contributed by atoms with Crippen molar-refractivity contribution in [1.29, 1.82) is 0 Å². The van der Waals surface area contributed by atoms with Crippen LogP contribution in [0, 0.1) is 17.8 Å². The first-order valence-corrected chi connectivity index (χ1v) is 9.84. The van der Waals surface area contributed by atoms with Crippen molar-refractivity contribution < 1.29 is 13.2 Å². The van der Waals surface area contributed by atoms with Crippen LogP contribution < -0.4 is 5.32 Å². The van der Waals surface area contributed by atoms with Crippen LogP contribution in [0.15, 0.2) is 29.2 Å². The largest absolute Gasteiger partial charge is 0.349 e. The Labute approximate surface area is 132 Å². The van der Waals surface area contributed by atoms with Gasteiger partial charge in [-0.05, 0) is 55.7 Å². The van der Waals surface area contributed by atoms with Crippen molar-refractivity contribution in [2.45, 2.75) is 43.5 Å². The fraction of sp³-hybridized carbons (Fsp3) is 0.588. The number of benzene rings is 1. The summed E-state index contributed by atoms with van der Waals surface area (Å²) in [6.07, 6.45) is 5.94. The number of sulfone groups is 1.